The molecule has 4 heterocycles. The molecule has 2 aliphatic rings. The van der Waals surface area contributed by atoms with Gasteiger partial charge in [-0.15, -0.1) is 0 Å². The number of rotatable bonds is 6. The Morgan fingerprint density at radius 2 is 2.03 bits per heavy atom. The molecule has 0 bridgehead atoms. The van der Waals surface area contributed by atoms with Gasteiger partial charge in [-0.2, -0.15) is 5.10 Å². The second-order valence-electron chi connectivity index (χ2n) is 8.51. The maximum absolute atomic E-state index is 13.1. The number of carbonyl (C=O) groups excluding carboxylic acids is 1. The van der Waals surface area contributed by atoms with Crippen molar-refractivity contribution < 1.29 is 4.79 Å². The molecule has 8 heteroatoms. The first-order chi connectivity index (χ1) is 14.0. The van der Waals surface area contributed by atoms with Crippen molar-refractivity contribution in [2.75, 3.05) is 32.0 Å². The lowest BCUT2D eigenvalue weighted by Crippen LogP contribution is -2.36. The summed E-state index contributed by atoms with van der Waals surface area (Å²) in [7, 11) is 1.80. The number of amides is 1. The average molecular weight is 398 g/mol. The fourth-order valence-electron chi connectivity index (χ4n) is 4.22. The standard InChI is InChI=1S/C21H31N7O/c1-14(2)10-15-11-16(26-25-15)12-27-9-6-18-17(13-27)19(24-21(22-3)23-18)20(29)28-7-4-5-8-28/h11,14H,4-10,12-13H2,1-3H3,(H,25,26)(H,22,23,24). The van der Waals surface area contributed by atoms with Crippen molar-refractivity contribution >= 4 is 11.9 Å². The minimum atomic E-state index is 0.0419. The number of nitrogens with one attached hydrogen (secondary N) is 2. The molecule has 0 atom stereocenters. The van der Waals surface area contributed by atoms with Crippen LogP contribution in [0, 0.1) is 5.92 Å². The zero-order valence-corrected chi connectivity index (χ0v) is 17.7. The van der Waals surface area contributed by atoms with Crippen LogP contribution in [0.1, 0.15) is 59.8 Å². The molecular weight excluding hydrogens is 366 g/mol. The van der Waals surface area contributed by atoms with Gasteiger partial charge in [0, 0.05) is 57.4 Å². The summed E-state index contributed by atoms with van der Waals surface area (Å²) in [6, 6.07) is 2.16. The second-order valence-corrected chi connectivity index (χ2v) is 8.51. The Kier molecular flexibility index (Phi) is 5.80. The molecule has 0 radical (unpaired) electrons. The van der Waals surface area contributed by atoms with Crippen molar-refractivity contribution in [2.24, 2.45) is 5.92 Å². The molecule has 2 aromatic rings. The van der Waals surface area contributed by atoms with Gasteiger partial charge in [0.25, 0.3) is 5.91 Å². The third kappa shape index (κ3) is 4.42. The average Bonchev–Trinajstić information content (AvgIpc) is 3.38. The summed E-state index contributed by atoms with van der Waals surface area (Å²) >= 11 is 0. The molecule has 2 aliphatic heterocycles. The Morgan fingerprint density at radius 3 is 2.76 bits per heavy atom. The molecule has 1 amide bonds. The number of carbonyl (C=O) groups is 1. The van der Waals surface area contributed by atoms with E-state index >= 15 is 0 Å². The predicted molar refractivity (Wildman–Crippen MR) is 112 cm³/mol. The largest absolute Gasteiger partial charge is 0.357 e. The second kappa shape index (κ2) is 8.49. The lowest BCUT2D eigenvalue weighted by atomic mass is 10.0. The molecule has 4 rings (SSSR count). The summed E-state index contributed by atoms with van der Waals surface area (Å²) in [6.07, 6.45) is 3.94. The number of aromatic amines is 1. The molecule has 29 heavy (non-hydrogen) atoms. The van der Waals surface area contributed by atoms with E-state index in [-0.39, 0.29) is 5.91 Å². The van der Waals surface area contributed by atoms with Crippen molar-refractivity contribution in [3.05, 3.63) is 34.4 Å². The van der Waals surface area contributed by atoms with Crippen LogP contribution in [0.15, 0.2) is 6.07 Å². The first-order valence-corrected chi connectivity index (χ1v) is 10.7. The van der Waals surface area contributed by atoms with E-state index in [4.69, 9.17) is 0 Å². The smallest absolute Gasteiger partial charge is 0.273 e. The number of nitrogens with zero attached hydrogens (tertiary/aromatic N) is 5. The van der Waals surface area contributed by atoms with Crippen LogP contribution in [0.3, 0.4) is 0 Å². The van der Waals surface area contributed by atoms with Gasteiger partial charge in [0.05, 0.1) is 11.4 Å². The van der Waals surface area contributed by atoms with E-state index in [1.54, 1.807) is 7.05 Å². The van der Waals surface area contributed by atoms with Crippen LogP contribution in [0.4, 0.5) is 5.95 Å². The maximum Gasteiger partial charge on any atom is 0.273 e. The number of hydrogen-bond donors (Lipinski definition) is 2. The van der Waals surface area contributed by atoms with Crippen LogP contribution in [0.2, 0.25) is 0 Å². The van der Waals surface area contributed by atoms with Crippen molar-refractivity contribution in [1.29, 1.82) is 0 Å². The molecule has 2 aromatic heterocycles. The Bertz CT molecular complexity index is 870. The molecular formula is C21H31N7O. The van der Waals surface area contributed by atoms with Gasteiger partial charge in [-0.25, -0.2) is 9.97 Å². The third-order valence-electron chi connectivity index (χ3n) is 5.65. The van der Waals surface area contributed by atoms with Crippen molar-refractivity contribution in [3.63, 3.8) is 0 Å². The van der Waals surface area contributed by atoms with Crippen LogP contribution < -0.4 is 5.32 Å². The lowest BCUT2D eigenvalue weighted by molar-refractivity contribution is 0.0783. The van der Waals surface area contributed by atoms with E-state index < -0.39 is 0 Å². The highest BCUT2D eigenvalue weighted by atomic mass is 16.2. The van der Waals surface area contributed by atoms with E-state index in [0.717, 1.165) is 74.5 Å². The zero-order valence-electron chi connectivity index (χ0n) is 17.7. The predicted octanol–water partition coefficient (Wildman–Crippen LogP) is 2.23. The number of aromatic nitrogens is 4. The van der Waals surface area contributed by atoms with Gasteiger partial charge in [-0.3, -0.25) is 14.8 Å². The fourth-order valence-corrected chi connectivity index (χ4v) is 4.22. The number of anilines is 1. The normalized spacial score (nSPS) is 17.0. The fraction of sp³-hybridized carbons (Fsp3) is 0.619. The van der Waals surface area contributed by atoms with Crippen molar-refractivity contribution in [3.8, 4) is 0 Å². The van der Waals surface area contributed by atoms with Crippen LogP contribution in [-0.2, 0) is 25.9 Å². The Balaban J connectivity index is 1.54. The van der Waals surface area contributed by atoms with Gasteiger partial charge >= 0.3 is 0 Å². The SMILES string of the molecule is CNc1nc2c(c(C(=O)N3CCCC3)n1)CN(Cc1cc(CC(C)C)n[nH]1)CC2. The number of hydrogen-bond acceptors (Lipinski definition) is 6. The molecule has 8 nitrogen and oxygen atoms in total. The van der Waals surface area contributed by atoms with E-state index in [1.807, 2.05) is 4.90 Å². The van der Waals surface area contributed by atoms with Crippen LogP contribution in [0.5, 0.6) is 0 Å². The van der Waals surface area contributed by atoms with Gasteiger partial charge in [-0.1, -0.05) is 13.8 Å². The van der Waals surface area contributed by atoms with Gasteiger partial charge in [0.2, 0.25) is 5.95 Å². The molecule has 1 fully saturated rings. The van der Waals surface area contributed by atoms with Crippen molar-refractivity contribution in [2.45, 2.75) is 52.6 Å². The first kappa shape index (κ1) is 19.8. The number of likely N-dealkylation sites (tertiary alicyclic amines) is 1. The molecule has 2 N–H and O–H groups in total. The van der Waals surface area contributed by atoms with E-state index in [1.165, 1.54) is 0 Å². The highest BCUT2D eigenvalue weighted by Gasteiger charge is 2.29. The molecule has 156 valence electrons. The van der Waals surface area contributed by atoms with Crippen LogP contribution >= 0.6 is 0 Å². The maximum atomic E-state index is 13.1. The summed E-state index contributed by atoms with van der Waals surface area (Å²) < 4.78 is 0. The lowest BCUT2D eigenvalue weighted by Gasteiger charge is -2.29. The highest BCUT2D eigenvalue weighted by molar-refractivity contribution is 5.94. The van der Waals surface area contributed by atoms with E-state index in [0.29, 0.717) is 24.1 Å². The first-order valence-electron chi connectivity index (χ1n) is 10.7. The van der Waals surface area contributed by atoms with Gasteiger partial charge in [0.1, 0.15) is 5.69 Å². The summed E-state index contributed by atoms with van der Waals surface area (Å²) in [5, 5.41) is 10.6. The number of fused-ring (bicyclic) bond motifs is 1. The summed E-state index contributed by atoms with van der Waals surface area (Å²) in [6.45, 7) is 8.43. The summed E-state index contributed by atoms with van der Waals surface area (Å²) in [5.41, 5.74) is 4.77. The van der Waals surface area contributed by atoms with Crippen LogP contribution in [0.25, 0.3) is 0 Å². The van der Waals surface area contributed by atoms with E-state index in [2.05, 4.69) is 50.3 Å². The topological polar surface area (TPSA) is 90.0 Å². The third-order valence-corrected chi connectivity index (χ3v) is 5.65. The Labute approximate surface area is 172 Å². The molecule has 0 spiro atoms. The summed E-state index contributed by atoms with van der Waals surface area (Å²) in [4.78, 5) is 26.6. The van der Waals surface area contributed by atoms with Crippen LogP contribution in [-0.4, -0.2) is 62.6 Å². The quantitative estimate of drug-likeness (QED) is 0.777. The molecule has 0 aromatic carbocycles. The summed E-state index contributed by atoms with van der Waals surface area (Å²) in [5.74, 6) is 1.16. The van der Waals surface area contributed by atoms with Gasteiger partial charge in [0.15, 0.2) is 0 Å². The minimum absolute atomic E-state index is 0.0419. The number of H-pyrrole nitrogens is 1. The molecule has 1 saturated heterocycles. The minimum Gasteiger partial charge on any atom is -0.357 e. The zero-order chi connectivity index (χ0) is 20.4. The highest BCUT2D eigenvalue weighted by Crippen LogP contribution is 2.25. The van der Waals surface area contributed by atoms with E-state index in [9.17, 15) is 4.79 Å². The Hall–Kier alpha value is -2.48. The van der Waals surface area contributed by atoms with Crippen molar-refractivity contribution in [1.82, 2.24) is 30.0 Å². The van der Waals surface area contributed by atoms with Gasteiger partial charge in [-0.05, 0) is 31.2 Å². The molecule has 0 unspecified atom stereocenters. The Morgan fingerprint density at radius 1 is 1.24 bits per heavy atom. The molecule has 0 aliphatic carbocycles. The van der Waals surface area contributed by atoms with Gasteiger partial charge < -0.3 is 10.2 Å². The monoisotopic (exact) mass is 397 g/mol. The molecule has 0 saturated carbocycles.